The molecule has 0 saturated carbocycles. The van der Waals surface area contributed by atoms with Crippen LogP contribution in [0.15, 0.2) is 30.3 Å². The molecule has 1 aromatic rings. The molecule has 2 fully saturated rings. The van der Waals surface area contributed by atoms with E-state index in [4.69, 9.17) is 0 Å². The average Bonchev–Trinajstić information content (AvgIpc) is 2.70. The van der Waals surface area contributed by atoms with Gasteiger partial charge in [0.1, 0.15) is 0 Å². The lowest BCUT2D eigenvalue weighted by Crippen LogP contribution is -2.46. The number of nitrogens with one attached hydrogen (secondary N) is 2. The van der Waals surface area contributed by atoms with Gasteiger partial charge >= 0.3 is 0 Å². The van der Waals surface area contributed by atoms with Crippen molar-refractivity contribution in [3.05, 3.63) is 35.9 Å². The number of benzene rings is 1. The van der Waals surface area contributed by atoms with E-state index in [0.29, 0.717) is 0 Å². The topological polar surface area (TPSA) is 47.6 Å². The number of amides is 1. The molecule has 2 saturated heterocycles. The fourth-order valence-electron chi connectivity index (χ4n) is 3.91. The minimum atomic E-state index is 0. The standard InChI is InChI=1S/C21H34N4O.ClH/c26-21(20-8-11-22-12-9-20)23-10-4-5-13-24-14-16-25(17-15-24)18-19-6-2-1-3-7-19;/h1-3,6-7,20,22H,4-5,8-18H2,(H,23,26);1H. The number of unbranched alkanes of at least 4 members (excludes halogenated alkanes) is 1. The molecule has 2 aliphatic rings. The van der Waals surface area contributed by atoms with E-state index in [1.54, 1.807) is 0 Å². The zero-order valence-corrected chi connectivity index (χ0v) is 17.2. The largest absolute Gasteiger partial charge is 0.356 e. The van der Waals surface area contributed by atoms with Crippen LogP contribution in [0.3, 0.4) is 0 Å². The lowest BCUT2D eigenvalue weighted by Gasteiger charge is -2.34. The van der Waals surface area contributed by atoms with E-state index in [1.807, 2.05) is 0 Å². The monoisotopic (exact) mass is 394 g/mol. The number of carbonyl (C=O) groups is 1. The highest BCUT2D eigenvalue weighted by Gasteiger charge is 2.20. The molecule has 0 bridgehead atoms. The van der Waals surface area contributed by atoms with Crippen LogP contribution in [0.5, 0.6) is 0 Å². The average molecular weight is 395 g/mol. The van der Waals surface area contributed by atoms with Gasteiger partial charge in [0.05, 0.1) is 0 Å². The molecule has 0 spiro atoms. The number of halogens is 1. The van der Waals surface area contributed by atoms with E-state index in [1.165, 1.54) is 12.0 Å². The first kappa shape index (κ1) is 22.2. The molecule has 0 aliphatic carbocycles. The highest BCUT2D eigenvalue weighted by molar-refractivity contribution is 5.85. The van der Waals surface area contributed by atoms with Crippen molar-refractivity contribution < 1.29 is 4.79 Å². The molecular weight excluding hydrogens is 360 g/mol. The second kappa shape index (κ2) is 12.3. The SMILES string of the molecule is Cl.O=C(NCCCCN1CCN(Cc2ccccc2)CC1)C1CCNCC1. The highest BCUT2D eigenvalue weighted by atomic mass is 35.5. The summed E-state index contributed by atoms with van der Waals surface area (Å²) in [5.74, 6) is 0.495. The Morgan fingerprint density at radius 2 is 1.67 bits per heavy atom. The third kappa shape index (κ3) is 7.78. The molecule has 3 rings (SSSR count). The fourth-order valence-corrected chi connectivity index (χ4v) is 3.91. The summed E-state index contributed by atoms with van der Waals surface area (Å²) in [7, 11) is 0. The number of nitrogens with zero attached hydrogens (tertiary/aromatic N) is 2. The third-order valence-electron chi connectivity index (χ3n) is 5.62. The van der Waals surface area contributed by atoms with Gasteiger partial charge in [-0.15, -0.1) is 12.4 Å². The zero-order chi connectivity index (χ0) is 18.0. The van der Waals surface area contributed by atoms with Crippen molar-refractivity contribution in [2.75, 3.05) is 52.4 Å². The Bertz CT molecular complexity index is 528. The first-order valence-electron chi connectivity index (χ1n) is 10.3. The first-order chi connectivity index (χ1) is 12.8. The molecule has 6 heteroatoms. The summed E-state index contributed by atoms with van der Waals surface area (Å²) in [5, 5.41) is 6.44. The normalized spacial score (nSPS) is 19.4. The van der Waals surface area contributed by atoms with Crippen molar-refractivity contribution >= 4 is 18.3 Å². The smallest absolute Gasteiger partial charge is 0.223 e. The lowest BCUT2D eigenvalue weighted by molar-refractivity contribution is -0.125. The number of piperazine rings is 1. The number of hydrogen-bond donors (Lipinski definition) is 2. The first-order valence-corrected chi connectivity index (χ1v) is 10.3. The molecule has 0 atom stereocenters. The van der Waals surface area contributed by atoms with Gasteiger partial charge in [0, 0.05) is 45.2 Å². The molecule has 1 aromatic carbocycles. The summed E-state index contributed by atoms with van der Waals surface area (Å²) in [4.78, 5) is 17.2. The Morgan fingerprint density at radius 3 is 2.37 bits per heavy atom. The predicted molar refractivity (Wildman–Crippen MR) is 113 cm³/mol. The molecule has 2 heterocycles. The van der Waals surface area contributed by atoms with E-state index in [2.05, 4.69) is 50.8 Å². The van der Waals surface area contributed by atoms with E-state index in [0.717, 1.165) is 78.2 Å². The molecule has 5 nitrogen and oxygen atoms in total. The van der Waals surface area contributed by atoms with Crippen molar-refractivity contribution in [3.8, 4) is 0 Å². The molecule has 1 amide bonds. The van der Waals surface area contributed by atoms with Crippen LogP contribution in [-0.4, -0.2) is 68.1 Å². The van der Waals surface area contributed by atoms with Gasteiger partial charge in [-0.3, -0.25) is 9.69 Å². The Kier molecular flexibility index (Phi) is 10.1. The van der Waals surface area contributed by atoms with Crippen LogP contribution in [0.2, 0.25) is 0 Å². The minimum absolute atomic E-state index is 0. The lowest BCUT2D eigenvalue weighted by atomic mass is 9.97. The molecular formula is C21H35ClN4O. The number of hydrogen-bond acceptors (Lipinski definition) is 4. The molecule has 152 valence electrons. The molecule has 0 unspecified atom stereocenters. The number of carbonyl (C=O) groups excluding carboxylic acids is 1. The fraction of sp³-hybridized carbons (Fsp3) is 0.667. The highest BCUT2D eigenvalue weighted by Crippen LogP contribution is 2.11. The van der Waals surface area contributed by atoms with Gasteiger partial charge in [0.2, 0.25) is 5.91 Å². The van der Waals surface area contributed by atoms with Crippen LogP contribution < -0.4 is 10.6 Å². The van der Waals surface area contributed by atoms with Crippen LogP contribution in [0.1, 0.15) is 31.2 Å². The quantitative estimate of drug-likeness (QED) is 0.663. The Hall–Kier alpha value is -1.14. The van der Waals surface area contributed by atoms with Crippen molar-refractivity contribution in [2.24, 2.45) is 5.92 Å². The summed E-state index contributed by atoms with van der Waals surface area (Å²) >= 11 is 0. The third-order valence-corrected chi connectivity index (χ3v) is 5.62. The van der Waals surface area contributed by atoms with Crippen LogP contribution in [0.25, 0.3) is 0 Å². The Labute approximate surface area is 170 Å². The maximum Gasteiger partial charge on any atom is 0.223 e. The van der Waals surface area contributed by atoms with Gasteiger partial charge in [-0.25, -0.2) is 0 Å². The van der Waals surface area contributed by atoms with Crippen molar-refractivity contribution in [1.29, 1.82) is 0 Å². The summed E-state index contributed by atoms with van der Waals surface area (Å²) in [5.41, 5.74) is 1.41. The maximum atomic E-state index is 12.1. The maximum absolute atomic E-state index is 12.1. The number of piperidine rings is 1. The Balaban J connectivity index is 0.00000261. The van der Waals surface area contributed by atoms with E-state index in [9.17, 15) is 4.79 Å². The minimum Gasteiger partial charge on any atom is -0.356 e. The Morgan fingerprint density at radius 1 is 1.00 bits per heavy atom. The van der Waals surface area contributed by atoms with Crippen molar-refractivity contribution in [3.63, 3.8) is 0 Å². The van der Waals surface area contributed by atoms with Crippen molar-refractivity contribution in [1.82, 2.24) is 20.4 Å². The van der Waals surface area contributed by atoms with Crippen LogP contribution >= 0.6 is 12.4 Å². The predicted octanol–water partition coefficient (Wildman–Crippen LogP) is 2.12. The van der Waals surface area contributed by atoms with Gasteiger partial charge < -0.3 is 15.5 Å². The second-order valence-electron chi connectivity index (χ2n) is 7.63. The molecule has 0 radical (unpaired) electrons. The summed E-state index contributed by atoms with van der Waals surface area (Å²) < 4.78 is 0. The van der Waals surface area contributed by atoms with Crippen molar-refractivity contribution in [2.45, 2.75) is 32.2 Å². The summed E-state index contributed by atoms with van der Waals surface area (Å²) in [6, 6.07) is 10.7. The molecule has 27 heavy (non-hydrogen) atoms. The van der Waals surface area contributed by atoms with E-state index < -0.39 is 0 Å². The molecule has 0 aromatic heterocycles. The zero-order valence-electron chi connectivity index (χ0n) is 16.4. The molecule has 2 aliphatic heterocycles. The molecule has 2 N–H and O–H groups in total. The summed E-state index contributed by atoms with van der Waals surface area (Å²) in [6.45, 7) is 9.64. The van der Waals surface area contributed by atoms with E-state index >= 15 is 0 Å². The van der Waals surface area contributed by atoms with Gasteiger partial charge in [-0.1, -0.05) is 30.3 Å². The summed E-state index contributed by atoms with van der Waals surface area (Å²) in [6.07, 6.45) is 4.23. The van der Waals surface area contributed by atoms with E-state index in [-0.39, 0.29) is 24.2 Å². The van der Waals surface area contributed by atoms with Gasteiger partial charge in [0.25, 0.3) is 0 Å². The van der Waals surface area contributed by atoms with Crippen LogP contribution in [-0.2, 0) is 11.3 Å². The van der Waals surface area contributed by atoms with Crippen LogP contribution in [0, 0.1) is 5.92 Å². The van der Waals surface area contributed by atoms with Gasteiger partial charge in [-0.05, 0) is 50.9 Å². The number of rotatable bonds is 8. The van der Waals surface area contributed by atoms with Crippen LogP contribution in [0.4, 0.5) is 0 Å². The van der Waals surface area contributed by atoms with Gasteiger partial charge in [-0.2, -0.15) is 0 Å². The second-order valence-corrected chi connectivity index (χ2v) is 7.63. The van der Waals surface area contributed by atoms with Gasteiger partial charge in [0.15, 0.2) is 0 Å².